The lowest BCUT2D eigenvalue weighted by atomic mass is 9.92. The Bertz CT molecular complexity index is 548. The SMILES string of the molecule is CC(=O)OCC(COCCCCCCCCCCCCCCCC(C)C)(COCC(O)CO)COC(C)=O. The van der Waals surface area contributed by atoms with Gasteiger partial charge in [0.15, 0.2) is 0 Å². The van der Waals surface area contributed by atoms with Gasteiger partial charge in [-0.3, -0.25) is 9.59 Å². The first-order chi connectivity index (χ1) is 18.2. The van der Waals surface area contributed by atoms with Crippen molar-refractivity contribution >= 4 is 11.9 Å². The van der Waals surface area contributed by atoms with Gasteiger partial charge in [-0.2, -0.15) is 0 Å². The summed E-state index contributed by atoms with van der Waals surface area (Å²) in [7, 11) is 0. The number of carbonyl (C=O) groups is 2. The maximum Gasteiger partial charge on any atom is 0.302 e. The first-order valence-corrected chi connectivity index (χ1v) is 14.9. The standard InChI is InChI=1S/C30H58O8/c1-26(2)18-16-14-12-10-8-6-5-7-9-11-13-15-17-19-35-22-30(24-37-27(3)32,25-38-28(4)33)23-36-21-29(34)20-31/h26,29,31,34H,5-25H2,1-4H3. The van der Waals surface area contributed by atoms with Gasteiger partial charge in [0.05, 0.1) is 31.8 Å². The van der Waals surface area contributed by atoms with Gasteiger partial charge in [-0.1, -0.05) is 97.3 Å². The van der Waals surface area contributed by atoms with Crippen LogP contribution in [0.2, 0.25) is 0 Å². The summed E-state index contributed by atoms with van der Waals surface area (Å²) in [5, 5.41) is 18.5. The molecule has 0 radical (unpaired) electrons. The third-order valence-electron chi connectivity index (χ3n) is 6.57. The second-order valence-corrected chi connectivity index (χ2v) is 11.2. The van der Waals surface area contributed by atoms with E-state index < -0.39 is 30.1 Å². The Labute approximate surface area is 232 Å². The van der Waals surface area contributed by atoms with Crippen LogP contribution in [0.1, 0.15) is 118 Å². The van der Waals surface area contributed by atoms with Crippen molar-refractivity contribution in [2.75, 3.05) is 46.2 Å². The lowest BCUT2D eigenvalue weighted by molar-refractivity contribution is -0.161. The minimum absolute atomic E-state index is 0.0387. The molecule has 0 aromatic rings. The minimum atomic E-state index is -1.01. The molecule has 0 saturated heterocycles. The molecule has 0 saturated carbocycles. The second-order valence-electron chi connectivity index (χ2n) is 11.2. The van der Waals surface area contributed by atoms with E-state index in [0.717, 1.165) is 18.8 Å². The lowest BCUT2D eigenvalue weighted by Gasteiger charge is -2.32. The topological polar surface area (TPSA) is 112 Å². The van der Waals surface area contributed by atoms with Crippen LogP contribution in [-0.4, -0.2) is 74.5 Å². The molecule has 2 N–H and O–H groups in total. The number of ether oxygens (including phenoxy) is 4. The first kappa shape index (κ1) is 36.8. The number of hydrogen-bond acceptors (Lipinski definition) is 8. The molecule has 0 aliphatic heterocycles. The number of rotatable bonds is 27. The van der Waals surface area contributed by atoms with E-state index in [2.05, 4.69) is 13.8 Å². The third kappa shape index (κ3) is 23.9. The molecule has 8 heteroatoms. The van der Waals surface area contributed by atoms with Crippen LogP contribution in [0.25, 0.3) is 0 Å². The molecule has 1 unspecified atom stereocenters. The fourth-order valence-corrected chi connectivity index (χ4v) is 4.21. The van der Waals surface area contributed by atoms with Gasteiger partial charge in [0.1, 0.15) is 19.3 Å². The van der Waals surface area contributed by atoms with E-state index in [0.29, 0.717) is 6.61 Å². The molecule has 0 aliphatic carbocycles. The number of unbranched alkanes of at least 4 members (excludes halogenated alkanes) is 12. The fourth-order valence-electron chi connectivity index (χ4n) is 4.21. The quantitative estimate of drug-likeness (QED) is 0.101. The lowest BCUT2D eigenvalue weighted by Crippen LogP contribution is -2.43. The van der Waals surface area contributed by atoms with Gasteiger partial charge in [0, 0.05) is 20.5 Å². The number of aliphatic hydroxyl groups excluding tert-OH is 2. The normalized spacial score (nSPS) is 12.6. The second kappa shape index (κ2) is 24.8. The Hall–Kier alpha value is -1.22. The van der Waals surface area contributed by atoms with Crippen molar-refractivity contribution < 1.29 is 38.7 Å². The molecule has 0 aromatic carbocycles. The van der Waals surface area contributed by atoms with Crippen LogP contribution in [0.3, 0.4) is 0 Å². The van der Waals surface area contributed by atoms with Crippen LogP contribution in [0.5, 0.6) is 0 Å². The van der Waals surface area contributed by atoms with Crippen LogP contribution in [0.15, 0.2) is 0 Å². The van der Waals surface area contributed by atoms with E-state index in [4.69, 9.17) is 24.1 Å². The van der Waals surface area contributed by atoms with E-state index >= 15 is 0 Å². The minimum Gasteiger partial charge on any atom is -0.465 e. The highest BCUT2D eigenvalue weighted by molar-refractivity contribution is 5.66. The summed E-state index contributed by atoms with van der Waals surface area (Å²) in [4.78, 5) is 22.8. The monoisotopic (exact) mass is 546 g/mol. The average molecular weight is 547 g/mol. The Kier molecular flexibility index (Phi) is 24.0. The van der Waals surface area contributed by atoms with E-state index in [1.807, 2.05) is 0 Å². The van der Waals surface area contributed by atoms with Crippen molar-refractivity contribution in [3.63, 3.8) is 0 Å². The summed E-state index contributed by atoms with van der Waals surface area (Å²) < 4.78 is 21.8. The molecular formula is C30H58O8. The van der Waals surface area contributed by atoms with E-state index in [9.17, 15) is 14.7 Å². The van der Waals surface area contributed by atoms with Gasteiger partial charge in [-0.25, -0.2) is 0 Å². The molecule has 0 bridgehead atoms. The van der Waals surface area contributed by atoms with Crippen molar-refractivity contribution in [3.05, 3.63) is 0 Å². The number of carbonyl (C=O) groups excluding carboxylic acids is 2. The predicted molar refractivity (Wildman–Crippen MR) is 150 cm³/mol. The van der Waals surface area contributed by atoms with Crippen LogP contribution in [0.4, 0.5) is 0 Å². The molecule has 226 valence electrons. The van der Waals surface area contributed by atoms with Crippen LogP contribution in [-0.2, 0) is 28.5 Å². The molecule has 0 heterocycles. The zero-order chi connectivity index (χ0) is 28.5. The zero-order valence-electron chi connectivity index (χ0n) is 24.8. The molecule has 0 rings (SSSR count). The van der Waals surface area contributed by atoms with Gasteiger partial charge in [-0.05, 0) is 12.3 Å². The Morgan fingerprint density at radius 3 is 1.50 bits per heavy atom. The predicted octanol–water partition coefficient (Wildman–Crippen LogP) is 5.60. The fraction of sp³-hybridized carbons (Fsp3) is 0.933. The highest BCUT2D eigenvalue weighted by atomic mass is 16.6. The molecule has 0 fully saturated rings. The van der Waals surface area contributed by atoms with Gasteiger partial charge in [-0.15, -0.1) is 0 Å². The molecule has 8 nitrogen and oxygen atoms in total. The summed E-state index contributed by atoms with van der Waals surface area (Å²) >= 11 is 0. The molecule has 0 aromatic heterocycles. The molecule has 38 heavy (non-hydrogen) atoms. The average Bonchev–Trinajstić information content (AvgIpc) is 2.87. The summed E-state index contributed by atoms with van der Waals surface area (Å²) in [6.07, 6.45) is 17.1. The Morgan fingerprint density at radius 1 is 0.658 bits per heavy atom. The van der Waals surface area contributed by atoms with Crippen molar-refractivity contribution in [2.24, 2.45) is 11.3 Å². The zero-order valence-corrected chi connectivity index (χ0v) is 24.8. The van der Waals surface area contributed by atoms with Crippen LogP contribution < -0.4 is 0 Å². The van der Waals surface area contributed by atoms with Crippen molar-refractivity contribution in [2.45, 2.75) is 124 Å². The van der Waals surface area contributed by atoms with Crippen LogP contribution in [0, 0.1) is 11.3 Å². The number of hydrogen-bond donors (Lipinski definition) is 2. The van der Waals surface area contributed by atoms with E-state index in [-0.39, 0.29) is 33.0 Å². The molecular weight excluding hydrogens is 488 g/mol. The van der Waals surface area contributed by atoms with Crippen molar-refractivity contribution in [1.29, 1.82) is 0 Å². The van der Waals surface area contributed by atoms with E-state index in [1.54, 1.807) is 0 Å². The van der Waals surface area contributed by atoms with Gasteiger partial charge in [0.2, 0.25) is 0 Å². The maximum atomic E-state index is 11.4. The van der Waals surface area contributed by atoms with E-state index in [1.165, 1.54) is 90.9 Å². The van der Waals surface area contributed by atoms with Gasteiger partial charge >= 0.3 is 11.9 Å². The van der Waals surface area contributed by atoms with Gasteiger partial charge < -0.3 is 29.2 Å². The third-order valence-corrected chi connectivity index (χ3v) is 6.57. The van der Waals surface area contributed by atoms with Crippen molar-refractivity contribution in [3.8, 4) is 0 Å². The molecule has 1 atom stereocenters. The molecule has 0 amide bonds. The first-order valence-electron chi connectivity index (χ1n) is 14.9. The summed E-state index contributed by atoms with van der Waals surface area (Å²) in [6.45, 7) is 7.42. The van der Waals surface area contributed by atoms with Crippen LogP contribution >= 0.6 is 0 Å². The number of esters is 2. The largest absolute Gasteiger partial charge is 0.465 e. The smallest absolute Gasteiger partial charge is 0.302 e. The molecule has 0 spiro atoms. The summed E-state index contributed by atoms with van der Waals surface area (Å²) in [5.74, 6) is -0.0707. The highest BCUT2D eigenvalue weighted by Gasteiger charge is 2.35. The molecule has 0 aliphatic rings. The van der Waals surface area contributed by atoms with Crippen molar-refractivity contribution in [1.82, 2.24) is 0 Å². The summed E-state index contributed by atoms with van der Waals surface area (Å²) in [5.41, 5.74) is -0.888. The number of aliphatic hydroxyl groups is 2. The van der Waals surface area contributed by atoms with Gasteiger partial charge in [0.25, 0.3) is 0 Å². The summed E-state index contributed by atoms with van der Waals surface area (Å²) in [6, 6.07) is 0. The maximum absolute atomic E-state index is 11.4. The Balaban J connectivity index is 4.07. The highest BCUT2D eigenvalue weighted by Crippen LogP contribution is 2.22. The Morgan fingerprint density at radius 2 is 1.08 bits per heavy atom.